The number of benzene rings is 6. The van der Waals surface area contributed by atoms with Crippen LogP contribution in [0.5, 0.6) is 0 Å². The molecular weight excluding hydrogens is 386 g/mol. The van der Waals surface area contributed by atoms with Crippen molar-refractivity contribution in [1.29, 1.82) is 0 Å². The van der Waals surface area contributed by atoms with Gasteiger partial charge in [0.1, 0.15) is 0 Å². The van der Waals surface area contributed by atoms with Gasteiger partial charge in [-0.1, -0.05) is 97.1 Å². The molecule has 0 aliphatic carbocycles. The second-order valence-corrected chi connectivity index (χ2v) is 8.95. The van der Waals surface area contributed by atoms with Crippen molar-refractivity contribution in [3.63, 3.8) is 0 Å². The number of rotatable bonds is 1. The summed E-state index contributed by atoms with van der Waals surface area (Å²) in [6.45, 7) is 0. The van der Waals surface area contributed by atoms with Crippen molar-refractivity contribution in [3.8, 4) is 0 Å². The smallest absolute Gasteiger partial charge is 0.0523 e. The Bertz CT molecular complexity index is 1660. The average Bonchev–Trinajstić information content (AvgIpc) is 2.87. The van der Waals surface area contributed by atoms with Crippen LogP contribution in [0.3, 0.4) is 0 Å². The molecule has 7 rings (SSSR count). The minimum Gasteiger partial charge on any atom is -0.378 e. The van der Waals surface area contributed by atoms with Crippen LogP contribution in [-0.4, -0.2) is 0 Å². The summed E-state index contributed by atoms with van der Waals surface area (Å²) in [6.07, 6.45) is 2.23. The monoisotopic (exact) mass is 409 g/mol. The number of anilines is 1. The van der Waals surface area contributed by atoms with E-state index >= 15 is 0 Å². The van der Waals surface area contributed by atoms with E-state index in [4.69, 9.17) is 0 Å². The Kier molecular flexibility index (Phi) is 3.80. The second kappa shape index (κ2) is 6.83. The molecule has 1 nitrogen and oxygen atoms in total. The lowest BCUT2D eigenvalue weighted by Crippen LogP contribution is -2.18. The highest BCUT2D eigenvalue weighted by atomic mass is 14.9. The van der Waals surface area contributed by atoms with E-state index in [1.54, 1.807) is 0 Å². The molecule has 32 heavy (non-hydrogen) atoms. The molecule has 1 aliphatic rings. The number of aryl methyl sites for hydroxylation is 1. The topological polar surface area (TPSA) is 12.0 Å². The molecule has 1 N–H and O–H groups in total. The van der Waals surface area contributed by atoms with Crippen LogP contribution in [0, 0.1) is 0 Å². The Hall–Kier alpha value is -3.84. The van der Waals surface area contributed by atoms with Crippen LogP contribution in [0.4, 0.5) is 5.69 Å². The molecule has 152 valence electrons. The first kappa shape index (κ1) is 17.8. The highest BCUT2D eigenvalue weighted by molar-refractivity contribution is 6.22. The van der Waals surface area contributed by atoms with Crippen molar-refractivity contribution in [2.75, 3.05) is 5.32 Å². The van der Waals surface area contributed by atoms with Crippen LogP contribution in [0.1, 0.15) is 23.6 Å². The summed E-state index contributed by atoms with van der Waals surface area (Å²) in [6, 6.07) is 38.3. The summed E-state index contributed by atoms with van der Waals surface area (Å²) in [5.74, 6) is 0. The van der Waals surface area contributed by atoms with Crippen molar-refractivity contribution in [3.05, 3.63) is 114 Å². The third kappa shape index (κ3) is 2.58. The summed E-state index contributed by atoms with van der Waals surface area (Å²) in [4.78, 5) is 0. The van der Waals surface area contributed by atoms with E-state index in [0.717, 1.165) is 12.8 Å². The molecular formula is C31H23N. The van der Waals surface area contributed by atoms with Gasteiger partial charge in [-0.25, -0.2) is 0 Å². The summed E-state index contributed by atoms with van der Waals surface area (Å²) in [5.41, 5.74) is 4.10. The SMILES string of the molecule is c1ccc2c(c1)CCC(c1cccc3ccc4c5ccc6ccccc6c5ccc4c13)N2. The summed E-state index contributed by atoms with van der Waals surface area (Å²) in [5, 5.41) is 14.5. The molecule has 1 heterocycles. The Morgan fingerprint density at radius 2 is 1.22 bits per heavy atom. The van der Waals surface area contributed by atoms with Crippen LogP contribution in [0.25, 0.3) is 43.1 Å². The first-order valence-electron chi connectivity index (χ1n) is 11.5. The third-order valence-electron chi connectivity index (χ3n) is 7.22. The highest BCUT2D eigenvalue weighted by Crippen LogP contribution is 2.40. The predicted molar refractivity (Wildman–Crippen MR) is 138 cm³/mol. The van der Waals surface area contributed by atoms with E-state index in [1.807, 2.05) is 0 Å². The number of nitrogens with one attached hydrogen (secondary N) is 1. The first-order valence-corrected chi connectivity index (χ1v) is 11.5. The molecule has 0 aromatic heterocycles. The number of para-hydroxylation sites is 1. The fraction of sp³-hybridized carbons (Fsp3) is 0.0968. The van der Waals surface area contributed by atoms with E-state index < -0.39 is 0 Å². The van der Waals surface area contributed by atoms with Crippen molar-refractivity contribution < 1.29 is 0 Å². The quantitative estimate of drug-likeness (QED) is 0.269. The number of fused-ring (bicyclic) bond motifs is 8. The molecule has 0 saturated heterocycles. The Labute approximate surface area is 187 Å². The zero-order valence-electron chi connectivity index (χ0n) is 17.8. The van der Waals surface area contributed by atoms with Gasteiger partial charge in [-0.2, -0.15) is 0 Å². The Balaban J connectivity index is 1.49. The maximum absolute atomic E-state index is 3.83. The van der Waals surface area contributed by atoms with Gasteiger partial charge >= 0.3 is 0 Å². The van der Waals surface area contributed by atoms with Gasteiger partial charge in [-0.3, -0.25) is 0 Å². The standard InChI is InChI=1S/C31H23N/c1-3-9-23-20(6-1)12-15-25-24(23)17-18-27-26(25)16-13-22-8-5-10-28(31(22)27)30-19-14-21-7-2-4-11-29(21)32-30/h1-13,15-18,30,32H,14,19H2. The molecule has 0 radical (unpaired) electrons. The van der Waals surface area contributed by atoms with E-state index in [2.05, 4.69) is 108 Å². The fourth-order valence-electron chi connectivity index (χ4n) is 5.68. The fourth-order valence-corrected chi connectivity index (χ4v) is 5.68. The van der Waals surface area contributed by atoms with Gasteiger partial charge in [-0.05, 0) is 73.1 Å². The molecule has 0 saturated carbocycles. The maximum atomic E-state index is 3.83. The van der Waals surface area contributed by atoms with Crippen molar-refractivity contribution in [2.24, 2.45) is 0 Å². The molecule has 1 heteroatoms. The van der Waals surface area contributed by atoms with Crippen LogP contribution in [0.15, 0.2) is 103 Å². The van der Waals surface area contributed by atoms with E-state index in [0.29, 0.717) is 6.04 Å². The molecule has 1 atom stereocenters. The van der Waals surface area contributed by atoms with Crippen LogP contribution in [0.2, 0.25) is 0 Å². The van der Waals surface area contributed by atoms with Crippen molar-refractivity contribution in [1.82, 2.24) is 0 Å². The molecule has 0 bridgehead atoms. The van der Waals surface area contributed by atoms with Crippen LogP contribution >= 0.6 is 0 Å². The number of hydrogen-bond acceptors (Lipinski definition) is 1. The van der Waals surface area contributed by atoms with Crippen molar-refractivity contribution in [2.45, 2.75) is 18.9 Å². The molecule has 0 fully saturated rings. The van der Waals surface area contributed by atoms with Gasteiger partial charge in [0, 0.05) is 5.69 Å². The average molecular weight is 410 g/mol. The van der Waals surface area contributed by atoms with Gasteiger partial charge in [0.25, 0.3) is 0 Å². The van der Waals surface area contributed by atoms with Gasteiger partial charge in [0.15, 0.2) is 0 Å². The molecule has 1 aliphatic heterocycles. The number of hydrogen-bond donors (Lipinski definition) is 1. The lowest BCUT2D eigenvalue weighted by atomic mass is 9.87. The van der Waals surface area contributed by atoms with E-state index in [1.165, 1.54) is 59.9 Å². The lowest BCUT2D eigenvalue weighted by Gasteiger charge is -2.28. The van der Waals surface area contributed by atoms with E-state index in [9.17, 15) is 0 Å². The largest absolute Gasteiger partial charge is 0.378 e. The molecule has 0 amide bonds. The molecule has 1 unspecified atom stereocenters. The zero-order chi connectivity index (χ0) is 21.1. The summed E-state index contributed by atoms with van der Waals surface area (Å²) < 4.78 is 0. The first-order chi connectivity index (χ1) is 15.9. The molecule has 0 spiro atoms. The van der Waals surface area contributed by atoms with Crippen LogP contribution in [-0.2, 0) is 6.42 Å². The molecule has 6 aromatic carbocycles. The molecule has 6 aromatic rings. The third-order valence-corrected chi connectivity index (χ3v) is 7.22. The Morgan fingerprint density at radius 1 is 0.531 bits per heavy atom. The minimum absolute atomic E-state index is 0.325. The zero-order valence-corrected chi connectivity index (χ0v) is 17.8. The van der Waals surface area contributed by atoms with E-state index in [-0.39, 0.29) is 0 Å². The van der Waals surface area contributed by atoms with Gasteiger partial charge in [0.2, 0.25) is 0 Å². The Morgan fingerprint density at radius 3 is 2.19 bits per heavy atom. The van der Waals surface area contributed by atoms with Gasteiger partial charge in [0.05, 0.1) is 6.04 Å². The lowest BCUT2D eigenvalue weighted by molar-refractivity contribution is 0.672. The second-order valence-electron chi connectivity index (χ2n) is 8.95. The summed E-state index contributed by atoms with van der Waals surface area (Å²) in [7, 11) is 0. The van der Waals surface area contributed by atoms with Crippen LogP contribution < -0.4 is 5.32 Å². The van der Waals surface area contributed by atoms with Gasteiger partial charge in [-0.15, -0.1) is 0 Å². The minimum atomic E-state index is 0.325. The van der Waals surface area contributed by atoms with Crippen molar-refractivity contribution >= 4 is 48.8 Å². The maximum Gasteiger partial charge on any atom is 0.0523 e. The normalized spacial score (nSPS) is 15.8. The van der Waals surface area contributed by atoms with Gasteiger partial charge < -0.3 is 5.32 Å². The summed E-state index contributed by atoms with van der Waals surface area (Å²) >= 11 is 0. The predicted octanol–water partition coefficient (Wildman–Crippen LogP) is 8.40. The highest BCUT2D eigenvalue weighted by Gasteiger charge is 2.21.